The van der Waals surface area contributed by atoms with Gasteiger partial charge in [-0.3, -0.25) is 4.79 Å². The smallest absolute Gasteiger partial charge is 0.309 e. The highest BCUT2D eigenvalue weighted by Gasteiger charge is 2.42. The monoisotopic (exact) mass is 208 g/mol. The van der Waals surface area contributed by atoms with Crippen LogP contribution in [0.5, 0.6) is 0 Å². The first-order chi connectivity index (χ1) is 7.11. The Kier molecular flexibility index (Phi) is 2.85. The molecule has 84 valence electrons. The molecule has 0 amide bonds. The van der Waals surface area contributed by atoms with Gasteiger partial charge in [0, 0.05) is 0 Å². The molecule has 0 unspecified atom stereocenters. The van der Waals surface area contributed by atoms with Gasteiger partial charge in [0.15, 0.2) is 0 Å². The Morgan fingerprint density at radius 2 is 2.20 bits per heavy atom. The lowest BCUT2D eigenvalue weighted by molar-refractivity contribution is -0.159. The topological polar surface area (TPSA) is 26.3 Å². The first-order valence-electron chi connectivity index (χ1n) is 5.94. The first kappa shape index (κ1) is 10.7. The van der Waals surface area contributed by atoms with Crippen LogP contribution in [0.2, 0.25) is 0 Å². The van der Waals surface area contributed by atoms with E-state index in [1.54, 1.807) is 0 Å². The van der Waals surface area contributed by atoms with Gasteiger partial charge in [-0.15, -0.1) is 0 Å². The molecule has 0 radical (unpaired) electrons. The van der Waals surface area contributed by atoms with E-state index >= 15 is 0 Å². The zero-order chi connectivity index (χ0) is 11.0. The second-order valence-corrected chi connectivity index (χ2v) is 5.18. The Hall–Kier alpha value is -0.790. The summed E-state index contributed by atoms with van der Waals surface area (Å²) in [6.45, 7) is 7.18. The Bertz CT molecular complexity index is 291. The minimum Gasteiger partial charge on any atom is -0.465 e. The molecule has 2 nitrogen and oxygen atoms in total. The fraction of sp³-hybridized carbons (Fsp3) is 0.769. The molecular weight excluding hydrogens is 188 g/mol. The van der Waals surface area contributed by atoms with E-state index in [9.17, 15) is 4.79 Å². The average molecular weight is 208 g/mol. The molecule has 0 saturated carbocycles. The van der Waals surface area contributed by atoms with E-state index in [-0.39, 0.29) is 11.9 Å². The van der Waals surface area contributed by atoms with Gasteiger partial charge in [0.25, 0.3) is 0 Å². The van der Waals surface area contributed by atoms with Crippen molar-refractivity contribution in [3.8, 4) is 0 Å². The fourth-order valence-electron chi connectivity index (χ4n) is 3.02. The lowest BCUT2D eigenvalue weighted by Gasteiger charge is -2.40. The third-order valence-electron chi connectivity index (χ3n) is 3.99. The Labute approximate surface area is 91.7 Å². The van der Waals surface area contributed by atoms with Crippen molar-refractivity contribution in [3.05, 3.63) is 11.6 Å². The maximum absolute atomic E-state index is 11.8. The molecule has 2 heteroatoms. The number of carbonyl (C=O) groups is 1. The van der Waals surface area contributed by atoms with E-state index in [1.807, 2.05) is 0 Å². The van der Waals surface area contributed by atoms with Crippen molar-refractivity contribution in [2.45, 2.75) is 33.6 Å². The summed E-state index contributed by atoms with van der Waals surface area (Å²) in [7, 11) is 0. The number of allylic oxidation sites excluding steroid dienone is 2. The third kappa shape index (κ3) is 1.82. The van der Waals surface area contributed by atoms with Crippen LogP contribution in [-0.4, -0.2) is 12.6 Å². The van der Waals surface area contributed by atoms with Gasteiger partial charge >= 0.3 is 5.97 Å². The molecule has 1 fully saturated rings. The molecule has 0 bridgehead atoms. The van der Waals surface area contributed by atoms with Crippen molar-refractivity contribution in [2.24, 2.45) is 23.7 Å². The highest BCUT2D eigenvalue weighted by Crippen LogP contribution is 2.42. The molecule has 2 aliphatic rings. The van der Waals surface area contributed by atoms with Gasteiger partial charge < -0.3 is 4.74 Å². The molecule has 2 rings (SSSR count). The maximum Gasteiger partial charge on any atom is 0.309 e. The Morgan fingerprint density at radius 3 is 2.87 bits per heavy atom. The number of ether oxygens (including phenoxy) is 1. The van der Waals surface area contributed by atoms with Crippen LogP contribution in [0.3, 0.4) is 0 Å². The highest BCUT2D eigenvalue weighted by atomic mass is 16.5. The summed E-state index contributed by atoms with van der Waals surface area (Å²) in [5.74, 6) is 1.66. The van der Waals surface area contributed by atoms with Gasteiger partial charge in [0.05, 0.1) is 12.5 Å². The summed E-state index contributed by atoms with van der Waals surface area (Å²) >= 11 is 0. The van der Waals surface area contributed by atoms with Crippen molar-refractivity contribution < 1.29 is 9.53 Å². The normalized spacial score (nSPS) is 35.9. The van der Waals surface area contributed by atoms with Crippen LogP contribution >= 0.6 is 0 Å². The minimum atomic E-state index is 0.0393. The molecule has 0 aromatic rings. The molecule has 0 aromatic heterocycles. The van der Waals surface area contributed by atoms with Crippen LogP contribution in [0.1, 0.15) is 33.6 Å². The van der Waals surface area contributed by atoms with E-state index in [1.165, 1.54) is 5.57 Å². The first-order valence-corrected chi connectivity index (χ1v) is 5.94. The van der Waals surface area contributed by atoms with Crippen molar-refractivity contribution >= 4 is 5.97 Å². The maximum atomic E-state index is 11.8. The molecule has 0 spiro atoms. The largest absolute Gasteiger partial charge is 0.465 e. The molecule has 0 aromatic carbocycles. The summed E-state index contributed by atoms with van der Waals surface area (Å²) in [5, 5.41) is 0. The zero-order valence-corrected chi connectivity index (χ0v) is 9.82. The van der Waals surface area contributed by atoms with Gasteiger partial charge in [-0.25, -0.2) is 0 Å². The summed E-state index contributed by atoms with van der Waals surface area (Å²) in [5.41, 5.74) is 1.40. The molecule has 0 N–H and O–H groups in total. The third-order valence-corrected chi connectivity index (χ3v) is 3.99. The number of carbonyl (C=O) groups excluding carboxylic acids is 1. The number of rotatable bonds is 1. The zero-order valence-electron chi connectivity index (χ0n) is 9.82. The van der Waals surface area contributed by atoms with Crippen molar-refractivity contribution in [1.29, 1.82) is 0 Å². The molecule has 3 atom stereocenters. The molecular formula is C13H20O2. The number of fused-ring (bicyclic) bond motifs is 1. The van der Waals surface area contributed by atoms with Gasteiger partial charge in [-0.05, 0) is 37.5 Å². The molecule has 1 aliphatic heterocycles. The van der Waals surface area contributed by atoms with Crippen LogP contribution in [0.4, 0.5) is 0 Å². The summed E-state index contributed by atoms with van der Waals surface area (Å²) in [6.07, 6.45) is 4.38. The standard InChI is InChI=1S/C13H20O2/c1-8(2)10-5-4-9(3)11-6-7-15-13(14)12(10)11/h4,8,10-12H,5-7H2,1-3H3/t10-,11+,12-/m0/s1. The van der Waals surface area contributed by atoms with E-state index in [0.29, 0.717) is 24.4 Å². The number of esters is 1. The van der Waals surface area contributed by atoms with Gasteiger partial charge in [0.1, 0.15) is 0 Å². The minimum absolute atomic E-state index is 0.0393. The summed E-state index contributed by atoms with van der Waals surface area (Å²) < 4.78 is 5.21. The molecule has 1 aliphatic carbocycles. The predicted molar refractivity (Wildman–Crippen MR) is 59.3 cm³/mol. The summed E-state index contributed by atoms with van der Waals surface area (Å²) in [4.78, 5) is 11.8. The van der Waals surface area contributed by atoms with Crippen LogP contribution < -0.4 is 0 Å². The van der Waals surface area contributed by atoms with Crippen molar-refractivity contribution in [1.82, 2.24) is 0 Å². The van der Waals surface area contributed by atoms with Crippen molar-refractivity contribution in [2.75, 3.05) is 6.61 Å². The summed E-state index contributed by atoms with van der Waals surface area (Å²) in [6, 6.07) is 0. The van der Waals surface area contributed by atoms with Gasteiger partial charge in [0.2, 0.25) is 0 Å². The number of cyclic esters (lactones) is 1. The predicted octanol–water partition coefficient (Wildman–Crippen LogP) is 2.79. The second kappa shape index (κ2) is 3.99. The van der Waals surface area contributed by atoms with Gasteiger partial charge in [-0.2, -0.15) is 0 Å². The highest BCUT2D eigenvalue weighted by molar-refractivity contribution is 5.74. The van der Waals surface area contributed by atoms with E-state index in [2.05, 4.69) is 26.8 Å². The van der Waals surface area contributed by atoms with Crippen molar-refractivity contribution in [3.63, 3.8) is 0 Å². The number of hydrogen-bond donors (Lipinski definition) is 0. The van der Waals surface area contributed by atoms with Crippen LogP contribution in [0, 0.1) is 23.7 Å². The lowest BCUT2D eigenvalue weighted by atomic mass is 9.66. The SMILES string of the molecule is CC1=CC[C@@H](C(C)C)[C@@H]2C(=O)OCC[C@H]12. The molecule has 1 heterocycles. The Balaban J connectivity index is 2.28. The van der Waals surface area contributed by atoms with Crippen LogP contribution in [-0.2, 0) is 9.53 Å². The number of hydrogen-bond acceptors (Lipinski definition) is 2. The Morgan fingerprint density at radius 1 is 1.47 bits per heavy atom. The van der Waals surface area contributed by atoms with E-state index in [0.717, 1.165) is 12.8 Å². The van der Waals surface area contributed by atoms with Crippen LogP contribution in [0.15, 0.2) is 11.6 Å². The van der Waals surface area contributed by atoms with E-state index in [4.69, 9.17) is 4.74 Å². The molecule has 15 heavy (non-hydrogen) atoms. The van der Waals surface area contributed by atoms with Crippen LogP contribution in [0.25, 0.3) is 0 Å². The lowest BCUT2D eigenvalue weighted by Crippen LogP contribution is -2.41. The molecule has 1 saturated heterocycles. The van der Waals surface area contributed by atoms with E-state index < -0.39 is 0 Å². The van der Waals surface area contributed by atoms with Gasteiger partial charge in [-0.1, -0.05) is 25.5 Å². The fourth-order valence-corrected chi connectivity index (χ4v) is 3.02. The average Bonchev–Trinajstić information content (AvgIpc) is 2.19. The second-order valence-electron chi connectivity index (χ2n) is 5.18. The quantitative estimate of drug-likeness (QED) is 0.489.